The molecule has 0 aliphatic rings. The van der Waals surface area contributed by atoms with Crippen LogP contribution in [0.5, 0.6) is 0 Å². The van der Waals surface area contributed by atoms with E-state index in [0.717, 1.165) is 18.7 Å². The van der Waals surface area contributed by atoms with Crippen LogP contribution in [0.2, 0.25) is 0 Å². The molecule has 1 unspecified atom stereocenters. The maximum atomic E-state index is 5.43. The second-order valence-corrected chi connectivity index (χ2v) is 4.28. The second-order valence-electron chi connectivity index (χ2n) is 4.28. The van der Waals surface area contributed by atoms with Gasteiger partial charge in [0.15, 0.2) is 0 Å². The molecule has 2 rings (SSSR count). The van der Waals surface area contributed by atoms with Gasteiger partial charge < -0.3 is 9.73 Å². The monoisotopic (exact) mass is 229 g/mol. The van der Waals surface area contributed by atoms with Crippen molar-refractivity contribution in [3.05, 3.63) is 59.5 Å². The minimum Gasteiger partial charge on any atom is -0.468 e. The molecule has 0 amide bonds. The molecular formula is C15H19NO. The molecule has 0 bridgehead atoms. The van der Waals surface area contributed by atoms with Gasteiger partial charge in [-0.15, -0.1) is 0 Å². The van der Waals surface area contributed by atoms with E-state index < -0.39 is 0 Å². The summed E-state index contributed by atoms with van der Waals surface area (Å²) >= 11 is 0. The van der Waals surface area contributed by atoms with Crippen molar-refractivity contribution < 1.29 is 4.42 Å². The Balaban J connectivity index is 1.99. The van der Waals surface area contributed by atoms with Crippen molar-refractivity contribution in [2.24, 2.45) is 0 Å². The molecule has 1 heterocycles. The summed E-state index contributed by atoms with van der Waals surface area (Å²) in [7, 11) is 0. The van der Waals surface area contributed by atoms with Crippen LogP contribution in [0.4, 0.5) is 0 Å². The van der Waals surface area contributed by atoms with Crippen molar-refractivity contribution in [3.63, 3.8) is 0 Å². The highest BCUT2D eigenvalue weighted by Gasteiger charge is 2.09. The van der Waals surface area contributed by atoms with Crippen LogP contribution in [0.25, 0.3) is 0 Å². The third-order valence-electron chi connectivity index (χ3n) is 3.09. The van der Waals surface area contributed by atoms with Crippen molar-refractivity contribution in [1.82, 2.24) is 5.32 Å². The number of hydrogen-bond acceptors (Lipinski definition) is 2. The second kappa shape index (κ2) is 5.69. The zero-order chi connectivity index (χ0) is 12.1. The number of aryl methyl sites for hydroxylation is 1. The van der Waals surface area contributed by atoms with Crippen LogP contribution in [0.1, 0.15) is 36.3 Å². The van der Waals surface area contributed by atoms with Crippen LogP contribution in [0, 0.1) is 6.92 Å². The van der Waals surface area contributed by atoms with Crippen LogP contribution < -0.4 is 5.32 Å². The smallest absolute Gasteiger partial charge is 0.120 e. The lowest BCUT2D eigenvalue weighted by atomic mass is 10.0. The first kappa shape index (κ1) is 11.9. The lowest BCUT2D eigenvalue weighted by molar-refractivity contribution is 0.441. The van der Waals surface area contributed by atoms with E-state index in [9.17, 15) is 0 Å². The van der Waals surface area contributed by atoms with Gasteiger partial charge in [-0.1, -0.05) is 37.3 Å². The van der Waals surface area contributed by atoms with Gasteiger partial charge in [0.05, 0.1) is 12.8 Å². The average Bonchev–Trinajstić information content (AvgIpc) is 2.77. The summed E-state index contributed by atoms with van der Waals surface area (Å²) < 4.78 is 5.43. The largest absolute Gasteiger partial charge is 0.468 e. The predicted molar refractivity (Wildman–Crippen MR) is 69.8 cm³/mol. The van der Waals surface area contributed by atoms with E-state index in [-0.39, 0.29) is 0 Å². The topological polar surface area (TPSA) is 25.2 Å². The summed E-state index contributed by atoms with van der Waals surface area (Å²) in [6.07, 6.45) is 2.82. The van der Waals surface area contributed by atoms with Gasteiger partial charge in [-0.25, -0.2) is 0 Å². The third kappa shape index (κ3) is 2.98. The van der Waals surface area contributed by atoms with E-state index in [2.05, 4.69) is 43.4 Å². The highest BCUT2D eigenvalue weighted by atomic mass is 16.3. The van der Waals surface area contributed by atoms with Gasteiger partial charge in [-0.2, -0.15) is 0 Å². The van der Waals surface area contributed by atoms with Gasteiger partial charge in [0, 0.05) is 6.04 Å². The summed E-state index contributed by atoms with van der Waals surface area (Å²) in [6.45, 7) is 5.05. The molecule has 1 aromatic heterocycles. The molecule has 1 aromatic carbocycles. The Bertz CT molecular complexity index is 447. The van der Waals surface area contributed by atoms with Crippen molar-refractivity contribution in [3.8, 4) is 0 Å². The fourth-order valence-corrected chi connectivity index (χ4v) is 1.98. The van der Waals surface area contributed by atoms with Gasteiger partial charge in [-0.05, 0) is 30.5 Å². The molecule has 0 fully saturated rings. The van der Waals surface area contributed by atoms with Crippen molar-refractivity contribution in [1.29, 1.82) is 0 Å². The Morgan fingerprint density at radius 2 is 1.94 bits per heavy atom. The first-order chi connectivity index (χ1) is 8.31. The molecule has 0 aliphatic carbocycles. The molecular weight excluding hydrogens is 210 g/mol. The predicted octanol–water partition coefficient (Wildman–Crippen LogP) is 3.83. The number of benzene rings is 1. The Hall–Kier alpha value is -1.54. The normalized spacial score (nSPS) is 12.6. The summed E-state index contributed by atoms with van der Waals surface area (Å²) in [5.41, 5.74) is 2.54. The van der Waals surface area contributed by atoms with Gasteiger partial charge in [0.2, 0.25) is 0 Å². The van der Waals surface area contributed by atoms with Crippen LogP contribution in [0.3, 0.4) is 0 Å². The van der Waals surface area contributed by atoms with E-state index >= 15 is 0 Å². The van der Waals surface area contributed by atoms with Crippen molar-refractivity contribution in [2.45, 2.75) is 32.9 Å². The molecule has 2 aromatic rings. The van der Waals surface area contributed by atoms with E-state index in [4.69, 9.17) is 4.42 Å². The average molecular weight is 229 g/mol. The fourth-order valence-electron chi connectivity index (χ4n) is 1.98. The van der Waals surface area contributed by atoms with Gasteiger partial charge in [-0.3, -0.25) is 0 Å². The first-order valence-corrected chi connectivity index (χ1v) is 6.12. The molecule has 1 N–H and O–H groups in total. The molecule has 90 valence electrons. The third-order valence-corrected chi connectivity index (χ3v) is 3.09. The van der Waals surface area contributed by atoms with E-state index in [0.29, 0.717) is 6.04 Å². The highest BCUT2D eigenvalue weighted by Crippen LogP contribution is 2.17. The minimum absolute atomic E-state index is 0.390. The number of rotatable bonds is 5. The van der Waals surface area contributed by atoms with Crippen LogP contribution in [0.15, 0.2) is 47.1 Å². The standard InChI is InChI=1S/C15H19NO/c1-3-14(13-7-5-4-6-8-13)16-11-15-12(2)9-10-17-15/h4-10,14,16H,3,11H2,1-2H3. The van der Waals surface area contributed by atoms with Crippen molar-refractivity contribution >= 4 is 0 Å². The zero-order valence-electron chi connectivity index (χ0n) is 10.4. The lowest BCUT2D eigenvalue weighted by Crippen LogP contribution is -2.20. The maximum absolute atomic E-state index is 5.43. The van der Waals surface area contributed by atoms with Crippen LogP contribution in [-0.2, 0) is 6.54 Å². The molecule has 0 saturated heterocycles. The molecule has 0 saturated carbocycles. The number of nitrogens with one attached hydrogen (secondary N) is 1. The van der Waals surface area contributed by atoms with E-state index in [1.807, 2.05) is 12.1 Å². The Kier molecular flexibility index (Phi) is 3.99. The quantitative estimate of drug-likeness (QED) is 0.843. The molecule has 17 heavy (non-hydrogen) atoms. The van der Waals surface area contributed by atoms with E-state index in [1.54, 1.807) is 6.26 Å². The summed E-state index contributed by atoms with van der Waals surface area (Å²) in [5.74, 6) is 1.03. The molecule has 2 nitrogen and oxygen atoms in total. The molecule has 0 radical (unpaired) electrons. The number of hydrogen-bond donors (Lipinski definition) is 1. The Morgan fingerprint density at radius 1 is 1.18 bits per heavy atom. The molecule has 2 heteroatoms. The summed E-state index contributed by atoms with van der Waals surface area (Å²) in [5, 5.41) is 3.54. The van der Waals surface area contributed by atoms with Crippen LogP contribution in [-0.4, -0.2) is 0 Å². The summed E-state index contributed by atoms with van der Waals surface area (Å²) in [4.78, 5) is 0. The van der Waals surface area contributed by atoms with Gasteiger partial charge >= 0.3 is 0 Å². The minimum atomic E-state index is 0.390. The maximum Gasteiger partial charge on any atom is 0.120 e. The molecule has 1 atom stereocenters. The fraction of sp³-hybridized carbons (Fsp3) is 0.333. The SMILES string of the molecule is CCC(NCc1occc1C)c1ccccc1. The molecule has 0 spiro atoms. The van der Waals surface area contributed by atoms with Crippen molar-refractivity contribution in [2.75, 3.05) is 0 Å². The van der Waals surface area contributed by atoms with Gasteiger partial charge in [0.1, 0.15) is 5.76 Å². The van der Waals surface area contributed by atoms with E-state index in [1.165, 1.54) is 11.1 Å². The Morgan fingerprint density at radius 3 is 2.53 bits per heavy atom. The Labute approximate surface area is 103 Å². The summed E-state index contributed by atoms with van der Waals surface area (Å²) in [6, 6.07) is 12.9. The molecule has 0 aliphatic heterocycles. The zero-order valence-corrected chi connectivity index (χ0v) is 10.4. The van der Waals surface area contributed by atoms with Crippen LogP contribution >= 0.6 is 0 Å². The van der Waals surface area contributed by atoms with Gasteiger partial charge in [0.25, 0.3) is 0 Å². The first-order valence-electron chi connectivity index (χ1n) is 6.12. The number of furan rings is 1. The highest BCUT2D eigenvalue weighted by molar-refractivity contribution is 5.19. The lowest BCUT2D eigenvalue weighted by Gasteiger charge is -2.16.